The molecule has 0 spiro atoms. The highest BCUT2D eigenvalue weighted by molar-refractivity contribution is 8.10. The van der Waals surface area contributed by atoms with Crippen molar-refractivity contribution >= 4 is 35.1 Å². The van der Waals surface area contributed by atoms with Gasteiger partial charge in [-0.2, -0.15) is 0 Å². The number of thiol groups is 1. The Morgan fingerprint density at radius 3 is 2.65 bits per heavy atom. The first kappa shape index (κ1) is 12.4. The van der Waals surface area contributed by atoms with Gasteiger partial charge in [0.05, 0.1) is 6.54 Å². The first-order valence-electron chi connectivity index (χ1n) is 5.53. The standard InChI is InChI=1S/C12H14N2OS2/c15-11-7-4-8-13(11)14(12(16)17)9-10-5-2-1-3-6-10/h1-3,5-6H,4,7-9H2,(H,16,17). The normalized spacial score (nSPS) is 15.1. The van der Waals surface area contributed by atoms with Crippen molar-refractivity contribution in [2.75, 3.05) is 6.54 Å². The van der Waals surface area contributed by atoms with E-state index in [4.69, 9.17) is 12.2 Å². The highest BCUT2D eigenvalue weighted by Gasteiger charge is 2.26. The third kappa shape index (κ3) is 2.98. The summed E-state index contributed by atoms with van der Waals surface area (Å²) in [4.78, 5) is 11.7. The zero-order valence-electron chi connectivity index (χ0n) is 9.37. The van der Waals surface area contributed by atoms with Crippen LogP contribution < -0.4 is 0 Å². The van der Waals surface area contributed by atoms with Gasteiger partial charge in [-0.1, -0.05) is 42.5 Å². The summed E-state index contributed by atoms with van der Waals surface area (Å²) in [6.45, 7) is 1.32. The van der Waals surface area contributed by atoms with Crippen molar-refractivity contribution in [3.8, 4) is 0 Å². The Kier molecular flexibility index (Phi) is 4.02. The molecule has 1 saturated heterocycles. The smallest absolute Gasteiger partial charge is 0.241 e. The molecule has 0 aliphatic carbocycles. The maximum Gasteiger partial charge on any atom is 0.241 e. The van der Waals surface area contributed by atoms with Crippen LogP contribution in [-0.4, -0.2) is 26.8 Å². The fraction of sp³-hybridized carbons (Fsp3) is 0.333. The fourth-order valence-corrected chi connectivity index (χ4v) is 2.24. The van der Waals surface area contributed by atoms with E-state index in [0.29, 0.717) is 17.3 Å². The van der Waals surface area contributed by atoms with Crippen molar-refractivity contribution in [3.63, 3.8) is 0 Å². The van der Waals surface area contributed by atoms with Crippen LogP contribution >= 0.6 is 24.8 Å². The molecular weight excluding hydrogens is 252 g/mol. The van der Waals surface area contributed by atoms with Gasteiger partial charge in [-0.25, -0.2) is 0 Å². The fourth-order valence-electron chi connectivity index (χ4n) is 1.90. The Morgan fingerprint density at radius 2 is 2.12 bits per heavy atom. The van der Waals surface area contributed by atoms with E-state index in [0.717, 1.165) is 18.5 Å². The summed E-state index contributed by atoms with van der Waals surface area (Å²) in [5, 5.41) is 3.46. The van der Waals surface area contributed by atoms with E-state index in [1.165, 1.54) is 0 Å². The van der Waals surface area contributed by atoms with Gasteiger partial charge in [0.1, 0.15) is 0 Å². The second-order valence-corrected chi connectivity index (χ2v) is 5.06. The van der Waals surface area contributed by atoms with Gasteiger partial charge in [-0.3, -0.25) is 14.8 Å². The highest BCUT2D eigenvalue weighted by atomic mass is 32.1. The van der Waals surface area contributed by atoms with E-state index >= 15 is 0 Å². The second kappa shape index (κ2) is 5.51. The molecule has 1 fully saturated rings. The number of benzene rings is 1. The van der Waals surface area contributed by atoms with E-state index in [-0.39, 0.29) is 5.91 Å². The molecule has 90 valence electrons. The topological polar surface area (TPSA) is 23.6 Å². The Morgan fingerprint density at radius 1 is 1.41 bits per heavy atom. The van der Waals surface area contributed by atoms with E-state index in [1.807, 2.05) is 30.3 Å². The minimum absolute atomic E-state index is 0.123. The molecule has 17 heavy (non-hydrogen) atoms. The molecule has 2 rings (SSSR count). The molecule has 3 nitrogen and oxygen atoms in total. The monoisotopic (exact) mass is 266 g/mol. The number of thiocarbonyl (C=S) groups is 1. The molecule has 0 saturated carbocycles. The molecule has 1 aliphatic heterocycles. The van der Waals surface area contributed by atoms with E-state index in [2.05, 4.69) is 12.6 Å². The third-order valence-corrected chi connectivity index (χ3v) is 3.18. The molecule has 1 heterocycles. The van der Waals surface area contributed by atoms with Crippen LogP contribution in [0.3, 0.4) is 0 Å². The van der Waals surface area contributed by atoms with Gasteiger partial charge in [0, 0.05) is 13.0 Å². The number of nitrogens with zero attached hydrogens (tertiary/aromatic N) is 2. The van der Waals surface area contributed by atoms with Gasteiger partial charge in [-0.15, -0.1) is 12.6 Å². The largest absolute Gasteiger partial charge is 0.273 e. The molecule has 0 radical (unpaired) electrons. The van der Waals surface area contributed by atoms with E-state index < -0.39 is 0 Å². The summed E-state index contributed by atoms with van der Waals surface area (Å²) in [6.07, 6.45) is 1.49. The van der Waals surface area contributed by atoms with Gasteiger partial charge in [-0.05, 0) is 12.0 Å². The van der Waals surface area contributed by atoms with Gasteiger partial charge in [0.25, 0.3) is 0 Å². The predicted octanol–water partition coefficient (Wildman–Crippen LogP) is 2.24. The van der Waals surface area contributed by atoms with Crippen LogP contribution in [0.25, 0.3) is 0 Å². The molecule has 0 N–H and O–H groups in total. The average Bonchev–Trinajstić information content (AvgIpc) is 2.73. The quantitative estimate of drug-likeness (QED) is 0.670. The average molecular weight is 266 g/mol. The van der Waals surface area contributed by atoms with E-state index in [9.17, 15) is 4.79 Å². The molecule has 0 aromatic heterocycles. The predicted molar refractivity (Wildman–Crippen MR) is 74.5 cm³/mol. The van der Waals surface area contributed by atoms with Crippen LogP contribution in [-0.2, 0) is 11.3 Å². The van der Waals surface area contributed by atoms with Crippen LogP contribution in [0.15, 0.2) is 30.3 Å². The van der Waals surface area contributed by atoms with Crippen LogP contribution in [0.4, 0.5) is 0 Å². The van der Waals surface area contributed by atoms with Gasteiger partial charge >= 0.3 is 0 Å². The lowest BCUT2D eigenvalue weighted by molar-refractivity contribution is -0.137. The van der Waals surface area contributed by atoms with Gasteiger partial charge in [0.2, 0.25) is 5.91 Å². The molecule has 1 aliphatic rings. The minimum Gasteiger partial charge on any atom is -0.273 e. The lowest BCUT2D eigenvalue weighted by Gasteiger charge is -2.32. The third-order valence-electron chi connectivity index (χ3n) is 2.74. The summed E-state index contributed by atoms with van der Waals surface area (Å²) in [7, 11) is 0. The van der Waals surface area contributed by atoms with Crippen molar-refractivity contribution in [2.45, 2.75) is 19.4 Å². The molecule has 0 unspecified atom stereocenters. The molecule has 1 amide bonds. The number of carbonyl (C=O) groups excluding carboxylic acids is 1. The Labute approximate surface area is 112 Å². The number of amides is 1. The van der Waals surface area contributed by atoms with Gasteiger partial charge < -0.3 is 0 Å². The second-order valence-electron chi connectivity index (χ2n) is 3.95. The lowest BCUT2D eigenvalue weighted by atomic mass is 10.2. The molecular formula is C12H14N2OS2. The Bertz CT molecular complexity index is 422. The summed E-state index contributed by atoms with van der Waals surface area (Å²) < 4.78 is 0.434. The number of hydrogen-bond acceptors (Lipinski definition) is 2. The maximum atomic E-state index is 11.7. The summed E-state index contributed by atoms with van der Waals surface area (Å²) in [5.41, 5.74) is 1.11. The van der Waals surface area contributed by atoms with Crippen molar-refractivity contribution in [2.24, 2.45) is 0 Å². The van der Waals surface area contributed by atoms with Crippen LogP contribution in [0.1, 0.15) is 18.4 Å². The van der Waals surface area contributed by atoms with Gasteiger partial charge in [0.15, 0.2) is 4.32 Å². The molecule has 1 aromatic rings. The van der Waals surface area contributed by atoms with E-state index in [1.54, 1.807) is 10.0 Å². The zero-order valence-corrected chi connectivity index (χ0v) is 11.1. The number of hydrogen-bond donors (Lipinski definition) is 1. The molecule has 0 bridgehead atoms. The summed E-state index contributed by atoms with van der Waals surface area (Å²) in [5.74, 6) is 0.123. The van der Waals surface area contributed by atoms with Crippen molar-refractivity contribution < 1.29 is 4.79 Å². The van der Waals surface area contributed by atoms with Crippen molar-refractivity contribution in [3.05, 3.63) is 35.9 Å². The maximum absolute atomic E-state index is 11.7. The lowest BCUT2D eigenvalue weighted by Crippen LogP contribution is -2.44. The zero-order chi connectivity index (χ0) is 12.3. The molecule has 1 aromatic carbocycles. The highest BCUT2D eigenvalue weighted by Crippen LogP contribution is 2.17. The SMILES string of the molecule is O=C1CCCN1N(Cc1ccccc1)C(=S)S. The first-order valence-corrected chi connectivity index (χ1v) is 6.38. The summed E-state index contributed by atoms with van der Waals surface area (Å²) >= 11 is 9.30. The van der Waals surface area contributed by atoms with Crippen LogP contribution in [0.2, 0.25) is 0 Å². The molecule has 5 heteroatoms. The Hall–Kier alpha value is -1.07. The number of hydrazine groups is 1. The van der Waals surface area contributed by atoms with Crippen molar-refractivity contribution in [1.82, 2.24) is 10.0 Å². The Balaban J connectivity index is 2.13. The van der Waals surface area contributed by atoms with Crippen molar-refractivity contribution in [1.29, 1.82) is 0 Å². The number of rotatable bonds is 3. The van der Waals surface area contributed by atoms with Crippen LogP contribution in [0, 0.1) is 0 Å². The first-order chi connectivity index (χ1) is 8.18. The number of carbonyl (C=O) groups is 1. The van der Waals surface area contributed by atoms with Crippen LogP contribution in [0.5, 0.6) is 0 Å². The summed E-state index contributed by atoms with van der Waals surface area (Å²) in [6, 6.07) is 9.94. The molecule has 0 atom stereocenters. The minimum atomic E-state index is 0.123.